The maximum atomic E-state index is 12.3. The third-order valence-corrected chi connectivity index (χ3v) is 4.29. The Morgan fingerprint density at radius 2 is 1.85 bits per heavy atom. The number of sulfonamides is 1. The number of nitrogens with one attached hydrogen (secondary N) is 1. The van der Waals surface area contributed by atoms with Crippen LogP contribution in [0.1, 0.15) is 24.4 Å². The van der Waals surface area contributed by atoms with Crippen molar-refractivity contribution in [2.24, 2.45) is 0 Å². The number of furan rings is 1. The number of carbonyl (C=O) groups excluding carboxylic acids is 1. The van der Waals surface area contributed by atoms with E-state index in [1.54, 1.807) is 38.1 Å². The molecule has 1 aromatic heterocycles. The standard InChI is InChI=1S/C14H15NO4S/c1-10(2)15-20(17,18)14-6-4-3-5-12(14)13-8-7-11(9-16)19-13/h3-10,15H,1-2H3. The van der Waals surface area contributed by atoms with Gasteiger partial charge in [-0.15, -0.1) is 0 Å². The van der Waals surface area contributed by atoms with Crippen LogP contribution in [0, 0.1) is 0 Å². The number of rotatable bonds is 5. The fourth-order valence-electron chi connectivity index (χ4n) is 1.84. The number of hydrogen-bond donors (Lipinski definition) is 1. The van der Waals surface area contributed by atoms with Gasteiger partial charge in [-0.3, -0.25) is 4.79 Å². The fraction of sp³-hybridized carbons (Fsp3) is 0.214. The molecule has 0 aliphatic heterocycles. The van der Waals surface area contributed by atoms with E-state index >= 15 is 0 Å². The molecule has 0 aliphatic rings. The number of hydrogen-bond acceptors (Lipinski definition) is 4. The first-order valence-corrected chi connectivity index (χ1v) is 7.59. The smallest absolute Gasteiger partial charge is 0.241 e. The molecule has 0 spiro atoms. The molecule has 1 heterocycles. The van der Waals surface area contributed by atoms with Crippen molar-refractivity contribution in [3.05, 3.63) is 42.2 Å². The topological polar surface area (TPSA) is 76.4 Å². The third-order valence-electron chi connectivity index (χ3n) is 2.58. The van der Waals surface area contributed by atoms with Gasteiger partial charge in [0.15, 0.2) is 12.0 Å². The van der Waals surface area contributed by atoms with Crippen molar-refractivity contribution in [2.75, 3.05) is 0 Å². The quantitative estimate of drug-likeness (QED) is 0.859. The predicted molar refractivity (Wildman–Crippen MR) is 75.0 cm³/mol. The molecule has 0 aliphatic carbocycles. The Labute approximate surface area is 117 Å². The van der Waals surface area contributed by atoms with E-state index in [0.717, 1.165) is 0 Å². The van der Waals surface area contributed by atoms with Crippen LogP contribution >= 0.6 is 0 Å². The summed E-state index contributed by atoms with van der Waals surface area (Å²) < 4.78 is 32.4. The summed E-state index contributed by atoms with van der Waals surface area (Å²) in [6.45, 7) is 3.50. The lowest BCUT2D eigenvalue weighted by molar-refractivity contribution is 0.110. The molecule has 0 fully saturated rings. The molecular formula is C14H15NO4S. The van der Waals surface area contributed by atoms with Gasteiger partial charge in [-0.2, -0.15) is 0 Å². The summed E-state index contributed by atoms with van der Waals surface area (Å²) in [5, 5.41) is 0. The van der Waals surface area contributed by atoms with E-state index in [0.29, 0.717) is 17.6 Å². The highest BCUT2D eigenvalue weighted by atomic mass is 32.2. The highest BCUT2D eigenvalue weighted by molar-refractivity contribution is 7.89. The molecule has 0 amide bonds. The van der Waals surface area contributed by atoms with Gasteiger partial charge in [0.1, 0.15) is 5.76 Å². The van der Waals surface area contributed by atoms with Crippen molar-refractivity contribution in [3.8, 4) is 11.3 Å². The summed E-state index contributed by atoms with van der Waals surface area (Å²) in [4.78, 5) is 10.8. The average molecular weight is 293 g/mol. The number of carbonyl (C=O) groups is 1. The van der Waals surface area contributed by atoms with Crippen molar-refractivity contribution in [1.29, 1.82) is 0 Å². The Morgan fingerprint density at radius 3 is 2.45 bits per heavy atom. The molecule has 0 bridgehead atoms. The maximum absolute atomic E-state index is 12.3. The van der Waals surface area contributed by atoms with E-state index in [2.05, 4.69) is 4.72 Å². The Kier molecular flexibility index (Phi) is 4.06. The summed E-state index contributed by atoms with van der Waals surface area (Å²) in [7, 11) is -3.63. The Morgan fingerprint density at radius 1 is 1.15 bits per heavy atom. The predicted octanol–water partition coefficient (Wildman–Crippen LogP) is 2.45. The first-order chi connectivity index (χ1) is 9.44. The molecule has 0 atom stereocenters. The van der Waals surface area contributed by atoms with Crippen LogP contribution in [0.4, 0.5) is 0 Å². The lowest BCUT2D eigenvalue weighted by atomic mass is 10.2. The molecule has 2 rings (SSSR count). The fourth-order valence-corrected chi connectivity index (χ4v) is 3.30. The molecule has 0 saturated heterocycles. The molecule has 2 aromatic rings. The molecule has 0 saturated carbocycles. The SMILES string of the molecule is CC(C)NS(=O)(=O)c1ccccc1-c1ccc(C=O)o1. The normalized spacial score (nSPS) is 11.8. The first-order valence-electron chi connectivity index (χ1n) is 6.11. The van der Waals surface area contributed by atoms with Crippen LogP contribution in [0.5, 0.6) is 0 Å². The zero-order valence-corrected chi connectivity index (χ0v) is 12.0. The van der Waals surface area contributed by atoms with E-state index in [4.69, 9.17) is 4.42 Å². The van der Waals surface area contributed by atoms with Crippen molar-refractivity contribution >= 4 is 16.3 Å². The zero-order chi connectivity index (χ0) is 14.8. The second kappa shape index (κ2) is 5.60. The van der Waals surface area contributed by atoms with Crippen LogP contribution in [-0.2, 0) is 10.0 Å². The van der Waals surface area contributed by atoms with E-state index in [1.165, 1.54) is 12.1 Å². The maximum Gasteiger partial charge on any atom is 0.241 e. The first kappa shape index (κ1) is 14.5. The average Bonchev–Trinajstić information content (AvgIpc) is 2.86. The Balaban J connectivity index is 2.53. The highest BCUT2D eigenvalue weighted by Crippen LogP contribution is 2.28. The second-order valence-electron chi connectivity index (χ2n) is 4.59. The van der Waals surface area contributed by atoms with Crippen LogP contribution in [0.3, 0.4) is 0 Å². The van der Waals surface area contributed by atoms with E-state index in [-0.39, 0.29) is 16.7 Å². The van der Waals surface area contributed by atoms with E-state index < -0.39 is 10.0 Å². The van der Waals surface area contributed by atoms with Crippen LogP contribution < -0.4 is 4.72 Å². The van der Waals surface area contributed by atoms with Gasteiger partial charge in [-0.05, 0) is 38.1 Å². The summed E-state index contributed by atoms with van der Waals surface area (Å²) in [6, 6.07) is 9.37. The van der Waals surface area contributed by atoms with Crippen molar-refractivity contribution in [1.82, 2.24) is 4.72 Å². The number of aldehydes is 1. The summed E-state index contributed by atoms with van der Waals surface area (Å²) in [6.07, 6.45) is 0.576. The van der Waals surface area contributed by atoms with Crippen LogP contribution in [0.2, 0.25) is 0 Å². The Hall–Kier alpha value is -1.92. The molecule has 1 N–H and O–H groups in total. The monoisotopic (exact) mass is 293 g/mol. The van der Waals surface area contributed by atoms with Crippen LogP contribution in [0.25, 0.3) is 11.3 Å². The number of benzene rings is 1. The molecule has 20 heavy (non-hydrogen) atoms. The largest absolute Gasteiger partial charge is 0.453 e. The lowest BCUT2D eigenvalue weighted by Crippen LogP contribution is -2.30. The minimum Gasteiger partial charge on any atom is -0.453 e. The van der Waals surface area contributed by atoms with Gasteiger partial charge in [-0.1, -0.05) is 12.1 Å². The molecule has 5 nitrogen and oxygen atoms in total. The van der Waals surface area contributed by atoms with Gasteiger partial charge >= 0.3 is 0 Å². The van der Waals surface area contributed by atoms with Gasteiger partial charge in [0.05, 0.1) is 4.90 Å². The van der Waals surface area contributed by atoms with Gasteiger partial charge in [0.2, 0.25) is 10.0 Å². The van der Waals surface area contributed by atoms with Gasteiger partial charge < -0.3 is 4.42 Å². The molecule has 0 radical (unpaired) electrons. The molecule has 0 unspecified atom stereocenters. The third kappa shape index (κ3) is 2.97. The minimum absolute atomic E-state index is 0.125. The molecule has 1 aromatic carbocycles. The van der Waals surface area contributed by atoms with E-state index in [1.807, 2.05) is 0 Å². The Bertz CT molecular complexity index is 716. The molecular weight excluding hydrogens is 278 g/mol. The van der Waals surface area contributed by atoms with Crippen molar-refractivity contribution in [3.63, 3.8) is 0 Å². The van der Waals surface area contributed by atoms with Crippen LogP contribution in [0.15, 0.2) is 45.7 Å². The summed E-state index contributed by atoms with van der Waals surface area (Å²) >= 11 is 0. The second-order valence-corrected chi connectivity index (χ2v) is 6.27. The van der Waals surface area contributed by atoms with Crippen LogP contribution in [-0.4, -0.2) is 20.7 Å². The summed E-state index contributed by atoms with van der Waals surface area (Å²) in [5.74, 6) is 0.501. The molecule has 106 valence electrons. The van der Waals surface area contributed by atoms with E-state index in [9.17, 15) is 13.2 Å². The summed E-state index contributed by atoms with van der Waals surface area (Å²) in [5.41, 5.74) is 0.425. The zero-order valence-electron chi connectivity index (χ0n) is 11.2. The minimum atomic E-state index is -3.63. The lowest BCUT2D eigenvalue weighted by Gasteiger charge is -2.12. The van der Waals surface area contributed by atoms with Gasteiger partial charge in [0.25, 0.3) is 0 Å². The highest BCUT2D eigenvalue weighted by Gasteiger charge is 2.21. The van der Waals surface area contributed by atoms with Gasteiger partial charge in [0, 0.05) is 11.6 Å². The van der Waals surface area contributed by atoms with Gasteiger partial charge in [-0.25, -0.2) is 13.1 Å². The van der Waals surface area contributed by atoms with Crippen molar-refractivity contribution in [2.45, 2.75) is 24.8 Å². The van der Waals surface area contributed by atoms with Crippen molar-refractivity contribution < 1.29 is 17.6 Å². The molecule has 6 heteroatoms.